The number of hydrogen-bond donors (Lipinski definition) is 2. The smallest absolute Gasteiger partial charge is 0.315 e. The minimum Gasteiger partial charge on any atom is -0.379 e. The molecule has 92 valence electrons. The van der Waals surface area contributed by atoms with E-state index in [0.717, 1.165) is 19.4 Å². The molecule has 1 saturated carbocycles. The summed E-state index contributed by atoms with van der Waals surface area (Å²) in [6.07, 6.45) is 5.83. The molecule has 2 N–H and O–H groups in total. The molecule has 0 bridgehead atoms. The van der Waals surface area contributed by atoms with Crippen LogP contribution in [0, 0.1) is 5.92 Å². The summed E-state index contributed by atoms with van der Waals surface area (Å²) in [7, 11) is 0. The van der Waals surface area contributed by atoms with E-state index in [-0.39, 0.29) is 12.1 Å². The van der Waals surface area contributed by atoms with Crippen LogP contribution in [-0.4, -0.2) is 31.3 Å². The summed E-state index contributed by atoms with van der Waals surface area (Å²) in [5.41, 5.74) is 0. The van der Waals surface area contributed by atoms with Crippen LogP contribution < -0.4 is 10.6 Å². The number of carbonyl (C=O) groups is 1. The Morgan fingerprint density at radius 3 is 2.69 bits per heavy atom. The van der Waals surface area contributed by atoms with E-state index in [2.05, 4.69) is 17.6 Å². The van der Waals surface area contributed by atoms with Crippen LogP contribution in [0.15, 0.2) is 0 Å². The maximum atomic E-state index is 11.7. The molecular formula is C12H22N2O2. The molecule has 0 radical (unpaired) electrons. The highest BCUT2D eigenvalue weighted by atomic mass is 16.5. The van der Waals surface area contributed by atoms with E-state index in [0.29, 0.717) is 18.6 Å². The number of amides is 2. The highest BCUT2D eigenvalue weighted by Gasteiger charge is 2.24. The summed E-state index contributed by atoms with van der Waals surface area (Å²) in [4.78, 5) is 11.7. The molecule has 1 aliphatic heterocycles. The predicted molar refractivity (Wildman–Crippen MR) is 62.3 cm³/mol. The molecule has 4 nitrogen and oxygen atoms in total. The van der Waals surface area contributed by atoms with Gasteiger partial charge >= 0.3 is 6.03 Å². The number of urea groups is 1. The van der Waals surface area contributed by atoms with Crippen molar-refractivity contribution in [1.29, 1.82) is 0 Å². The largest absolute Gasteiger partial charge is 0.379 e. The van der Waals surface area contributed by atoms with Crippen molar-refractivity contribution >= 4 is 6.03 Å². The van der Waals surface area contributed by atoms with Gasteiger partial charge < -0.3 is 15.4 Å². The van der Waals surface area contributed by atoms with Crippen molar-refractivity contribution in [3.05, 3.63) is 0 Å². The van der Waals surface area contributed by atoms with Gasteiger partial charge in [0.2, 0.25) is 0 Å². The summed E-state index contributed by atoms with van der Waals surface area (Å²) in [5.74, 6) is 0.610. The molecule has 0 spiro atoms. The van der Waals surface area contributed by atoms with Crippen LogP contribution in [0.3, 0.4) is 0 Å². The van der Waals surface area contributed by atoms with Crippen LogP contribution in [0.5, 0.6) is 0 Å². The molecule has 0 aromatic carbocycles. The second kappa shape index (κ2) is 5.53. The lowest BCUT2D eigenvalue weighted by Gasteiger charge is -2.29. The highest BCUT2D eigenvalue weighted by Crippen LogP contribution is 2.23. The predicted octanol–water partition coefficient (Wildman–Crippen LogP) is 1.65. The van der Waals surface area contributed by atoms with Crippen LogP contribution in [0.2, 0.25) is 0 Å². The zero-order valence-electron chi connectivity index (χ0n) is 10.00. The minimum absolute atomic E-state index is 0.0192. The minimum atomic E-state index is -0.0192. The van der Waals surface area contributed by atoms with Crippen LogP contribution in [0.25, 0.3) is 0 Å². The first-order valence-electron chi connectivity index (χ1n) is 6.40. The Balaban J connectivity index is 1.72. The zero-order chi connectivity index (χ0) is 11.4. The van der Waals surface area contributed by atoms with Crippen LogP contribution in [0.1, 0.15) is 39.0 Å². The second-order valence-corrected chi connectivity index (χ2v) is 5.05. The van der Waals surface area contributed by atoms with Crippen molar-refractivity contribution in [1.82, 2.24) is 10.6 Å². The first-order valence-corrected chi connectivity index (χ1v) is 6.40. The van der Waals surface area contributed by atoms with Crippen molar-refractivity contribution in [2.24, 2.45) is 5.92 Å². The fraction of sp³-hybridized carbons (Fsp3) is 0.917. The third kappa shape index (κ3) is 3.11. The standard InChI is InChI=1S/C12H22N2O2/c1-9-4-2-3-5-11(9)14-12(15)13-10-6-7-16-8-10/h9-11H,2-8H2,1H3,(H2,13,14,15). The third-order valence-corrected chi connectivity index (χ3v) is 3.69. The summed E-state index contributed by atoms with van der Waals surface area (Å²) in [6.45, 7) is 3.65. The maximum absolute atomic E-state index is 11.7. The fourth-order valence-electron chi connectivity index (χ4n) is 2.57. The van der Waals surface area contributed by atoms with Gasteiger partial charge in [0.1, 0.15) is 0 Å². The van der Waals surface area contributed by atoms with Crippen LogP contribution in [0.4, 0.5) is 4.79 Å². The molecular weight excluding hydrogens is 204 g/mol. The SMILES string of the molecule is CC1CCCCC1NC(=O)NC1CCOC1. The molecule has 3 unspecified atom stereocenters. The fourth-order valence-corrected chi connectivity index (χ4v) is 2.57. The van der Waals surface area contributed by atoms with Crippen molar-refractivity contribution < 1.29 is 9.53 Å². The van der Waals surface area contributed by atoms with Crippen molar-refractivity contribution in [2.45, 2.75) is 51.1 Å². The van der Waals surface area contributed by atoms with Gasteiger partial charge in [0.25, 0.3) is 0 Å². The summed E-state index contributed by atoms with van der Waals surface area (Å²) < 4.78 is 5.23. The number of hydrogen-bond acceptors (Lipinski definition) is 2. The molecule has 16 heavy (non-hydrogen) atoms. The third-order valence-electron chi connectivity index (χ3n) is 3.69. The number of carbonyl (C=O) groups excluding carboxylic acids is 1. The van der Waals surface area contributed by atoms with Gasteiger partial charge in [-0.1, -0.05) is 19.8 Å². The van der Waals surface area contributed by atoms with E-state index in [4.69, 9.17) is 4.74 Å². The normalized spacial score (nSPS) is 34.7. The molecule has 0 aromatic heterocycles. The van der Waals surface area contributed by atoms with Crippen molar-refractivity contribution in [3.63, 3.8) is 0 Å². The first-order chi connectivity index (χ1) is 7.75. The van der Waals surface area contributed by atoms with E-state index >= 15 is 0 Å². The molecule has 2 amide bonds. The number of rotatable bonds is 2. The van der Waals surface area contributed by atoms with E-state index in [1.54, 1.807) is 0 Å². The lowest BCUT2D eigenvalue weighted by atomic mass is 9.86. The molecule has 2 fully saturated rings. The maximum Gasteiger partial charge on any atom is 0.315 e. The van der Waals surface area contributed by atoms with Gasteiger partial charge in [-0.25, -0.2) is 4.79 Å². The Labute approximate surface area is 97.1 Å². The molecule has 1 saturated heterocycles. The Kier molecular flexibility index (Phi) is 4.04. The van der Waals surface area contributed by atoms with Gasteiger partial charge in [-0.15, -0.1) is 0 Å². The second-order valence-electron chi connectivity index (χ2n) is 5.05. The van der Waals surface area contributed by atoms with Gasteiger partial charge in [0.05, 0.1) is 12.6 Å². The van der Waals surface area contributed by atoms with Gasteiger partial charge in [0, 0.05) is 12.6 Å². The van der Waals surface area contributed by atoms with E-state index in [1.165, 1.54) is 19.3 Å². The van der Waals surface area contributed by atoms with Crippen molar-refractivity contribution in [2.75, 3.05) is 13.2 Å². The molecule has 3 atom stereocenters. The molecule has 2 rings (SSSR count). The van der Waals surface area contributed by atoms with Gasteiger partial charge in [-0.3, -0.25) is 0 Å². The molecule has 0 aromatic rings. The van der Waals surface area contributed by atoms with Crippen LogP contribution >= 0.6 is 0 Å². The Morgan fingerprint density at radius 1 is 1.19 bits per heavy atom. The number of ether oxygens (including phenoxy) is 1. The molecule has 1 aliphatic carbocycles. The van der Waals surface area contributed by atoms with Crippen LogP contribution in [-0.2, 0) is 4.74 Å². The van der Waals surface area contributed by atoms with Crippen molar-refractivity contribution in [3.8, 4) is 0 Å². The lowest BCUT2D eigenvalue weighted by Crippen LogP contribution is -2.49. The van der Waals surface area contributed by atoms with Gasteiger partial charge in [-0.05, 0) is 25.2 Å². The summed E-state index contributed by atoms with van der Waals surface area (Å²) >= 11 is 0. The topological polar surface area (TPSA) is 50.4 Å². The molecule has 4 heteroatoms. The zero-order valence-corrected chi connectivity index (χ0v) is 10.00. The quantitative estimate of drug-likeness (QED) is 0.752. The molecule has 1 heterocycles. The van der Waals surface area contributed by atoms with E-state index in [1.807, 2.05) is 0 Å². The average molecular weight is 226 g/mol. The van der Waals surface area contributed by atoms with Gasteiger partial charge in [-0.2, -0.15) is 0 Å². The lowest BCUT2D eigenvalue weighted by molar-refractivity contribution is 0.186. The Bertz CT molecular complexity index is 239. The average Bonchev–Trinajstić information content (AvgIpc) is 2.74. The van der Waals surface area contributed by atoms with E-state index in [9.17, 15) is 4.79 Å². The Morgan fingerprint density at radius 2 is 2.00 bits per heavy atom. The summed E-state index contributed by atoms with van der Waals surface area (Å²) in [5, 5.41) is 6.06. The van der Waals surface area contributed by atoms with E-state index < -0.39 is 0 Å². The summed E-state index contributed by atoms with van der Waals surface area (Å²) in [6, 6.07) is 0.546. The van der Waals surface area contributed by atoms with Gasteiger partial charge in [0.15, 0.2) is 0 Å². The number of nitrogens with one attached hydrogen (secondary N) is 2. The monoisotopic (exact) mass is 226 g/mol. The molecule has 2 aliphatic rings. The highest BCUT2D eigenvalue weighted by molar-refractivity contribution is 5.74. The first kappa shape index (κ1) is 11.7. The Hall–Kier alpha value is -0.770.